The molecule has 0 aliphatic carbocycles. The summed E-state index contributed by atoms with van der Waals surface area (Å²) in [6.07, 6.45) is -0.489. The third kappa shape index (κ3) is 1.90. The lowest BCUT2D eigenvalue weighted by molar-refractivity contribution is 0.179. The number of anilines is 1. The lowest BCUT2D eigenvalue weighted by atomic mass is 10.2. The fraction of sp³-hybridized carbons (Fsp3) is 0.300. The van der Waals surface area contributed by atoms with Crippen LogP contribution < -0.4 is 10.6 Å². The fourth-order valence-corrected chi connectivity index (χ4v) is 1.83. The number of nitrogens with zero attached hydrogens (tertiary/aromatic N) is 1. The van der Waals surface area contributed by atoms with Gasteiger partial charge in [-0.25, -0.2) is 9.18 Å². The van der Waals surface area contributed by atoms with Gasteiger partial charge in [-0.1, -0.05) is 0 Å². The van der Waals surface area contributed by atoms with E-state index in [9.17, 15) is 9.18 Å². The van der Waals surface area contributed by atoms with Crippen molar-refractivity contribution in [2.75, 3.05) is 18.1 Å². The van der Waals surface area contributed by atoms with Gasteiger partial charge < -0.3 is 10.5 Å². The van der Waals surface area contributed by atoms with Crippen molar-refractivity contribution in [3.05, 3.63) is 28.5 Å². The van der Waals surface area contributed by atoms with Crippen molar-refractivity contribution < 1.29 is 13.9 Å². The molecule has 0 aromatic heterocycles. The average Bonchev–Trinajstić information content (AvgIpc) is 2.64. The summed E-state index contributed by atoms with van der Waals surface area (Å²) in [5, 5.41) is 0. The normalized spacial score (nSPS) is 20.1. The van der Waals surface area contributed by atoms with Crippen molar-refractivity contribution in [3.8, 4) is 0 Å². The summed E-state index contributed by atoms with van der Waals surface area (Å²) >= 11 is 3.05. The number of hydrogen-bond donors (Lipinski definition) is 1. The number of benzene rings is 1. The molecule has 0 bridgehead atoms. The molecule has 6 heteroatoms. The molecule has 1 aromatic rings. The Hall–Kier alpha value is -1.14. The highest BCUT2D eigenvalue weighted by Crippen LogP contribution is 2.26. The van der Waals surface area contributed by atoms with E-state index in [1.54, 1.807) is 12.1 Å². The molecule has 4 nitrogen and oxygen atoms in total. The minimum absolute atomic E-state index is 0.229. The van der Waals surface area contributed by atoms with Crippen molar-refractivity contribution in [2.45, 2.75) is 6.04 Å². The van der Waals surface area contributed by atoms with E-state index in [-0.39, 0.29) is 19.2 Å². The summed E-state index contributed by atoms with van der Waals surface area (Å²) in [7, 11) is 0. The number of nitrogens with two attached hydrogens (primary N) is 1. The number of carbonyl (C=O) groups excluding carboxylic acids is 1. The van der Waals surface area contributed by atoms with Crippen LogP contribution in [-0.4, -0.2) is 25.3 Å². The van der Waals surface area contributed by atoms with E-state index >= 15 is 0 Å². The van der Waals surface area contributed by atoms with Crippen LogP contribution in [0, 0.1) is 5.82 Å². The lowest BCUT2D eigenvalue weighted by Gasteiger charge is -2.20. The van der Waals surface area contributed by atoms with Crippen molar-refractivity contribution in [2.24, 2.45) is 5.73 Å². The Bertz CT molecular complexity index is 427. The number of halogens is 2. The van der Waals surface area contributed by atoms with Gasteiger partial charge in [0, 0.05) is 6.54 Å². The molecule has 1 aliphatic rings. The van der Waals surface area contributed by atoms with Gasteiger partial charge in [0.25, 0.3) is 0 Å². The zero-order chi connectivity index (χ0) is 11.7. The lowest BCUT2D eigenvalue weighted by Crippen LogP contribution is -2.38. The van der Waals surface area contributed by atoms with Crippen molar-refractivity contribution in [1.29, 1.82) is 0 Å². The van der Waals surface area contributed by atoms with Gasteiger partial charge >= 0.3 is 6.09 Å². The number of hydrogen-bond acceptors (Lipinski definition) is 3. The van der Waals surface area contributed by atoms with Crippen LogP contribution in [0.5, 0.6) is 0 Å². The molecule has 2 N–H and O–H groups in total. The number of amides is 1. The topological polar surface area (TPSA) is 55.6 Å². The average molecular weight is 289 g/mol. The van der Waals surface area contributed by atoms with Gasteiger partial charge in [-0.2, -0.15) is 0 Å². The Balaban J connectivity index is 2.35. The van der Waals surface area contributed by atoms with Crippen LogP contribution in [0.1, 0.15) is 0 Å². The number of rotatable bonds is 2. The van der Waals surface area contributed by atoms with Crippen LogP contribution >= 0.6 is 15.9 Å². The first-order valence-electron chi connectivity index (χ1n) is 4.74. The first-order valence-corrected chi connectivity index (χ1v) is 5.54. The SMILES string of the molecule is NCC1COC(=O)N1c1ccc(Br)c(F)c1. The Kier molecular flexibility index (Phi) is 3.11. The number of ether oxygens (including phenoxy) is 1. The third-order valence-electron chi connectivity index (χ3n) is 2.41. The largest absolute Gasteiger partial charge is 0.447 e. The summed E-state index contributed by atoms with van der Waals surface area (Å²) in [6.45, 7) is 0.524. The van der Waals surface area contributed by atoms with Crippen molar-refractivity contribution in [1.82, 2.24) is 0 Å². The third-order valence-corrected chi connectivity index (χ3v) is 3.06. The van der Waals surface area contributed by atoms with E-state index in [0.717, 1.165) is 0 Å². The summed E-state index contributed by atoms with van der Waals surface area (Å²) in [5.41, 5.74) is 5.97. The smallest absolute Gasteiger partial charge is 0.414 e. The van der Waals surface area contributed by atoms with Crippen molar-refractivity contribution >= 4 is 27.7 Å². The highest BCUT2D eigenvalue weighted by molar-refractivity contribution is 9.10. The standard InChI is InChI=1S/C10H10BrFN2O2/c11-8-2-1-6(3-9(8)12)14-7(4-13)5-16-10(14)15/h1-3,7H,4-5,13H2. The maximum atomic E-state index is 13.3. The van der Waals surface area contributed by atoms with Gasteiger partial charge in [0.2, 0.25) is 0 Å². The van der Waals surface area contributed by atoms with Gasteiger partial charge in [0.05, 0.1) is 16.2 Å². The molecule has 2 rings (SSSR count). The molecule has 0 radical (unpaired) electrons. The molecule has 1 saturated heterocycles. The predicted octanol–water partition coefficient (Wildman–Crippen LogP) is 1.87. The second-order valence-corrected chi connectivity index (χ2v) is 4.29. The molecule has 1 aliphatic heterocycles. The first kappa shape index (κ1) is 11.3. The van der Waals surface area contributed by atoms with Gasteiger partial charge in [0.1, 0.15) is 12.4 Å². The molecule has 1 aromatic carbocycles. The van der Waals surface area contributed by atoms with E-state index in [0.29, 0.717) is 10.2 Å². The second kappa shape index (κ2) is 4.39. The fourth-order valence-electron chi connectivity index (χ4n) is 1.59. The summed E-state index contributed by atoms with van der Waals surface area (Å²) in [4.78, 5) is 12.8. The molecule has 1 amide bonds. The number of cyclic esters (lactones) is 1. The zero-order valence-electron chi connectivity index (χ0n) is 8.32. The molecule has 1 atom stereocenters. The van der Waals surface area contributed by atoms with Crippen LogP contribution in [0.3, 0.4) is 0 Å². The van der Waals surface area contributed by atoms with Gasteiger partial charge in [-0.3, -0.25) is 4.90 Å². The molecular weight excluding hydrogens is 279 g/mol. The molecular formula is C10H10BrFN2O2. The Morgan fingerprint density at radius 2 is 2.38 bits per heavy atom. The highest BCUT2D eigenvalue weighted by Gasteiger charge is 2.33. The van der Waals surface area contributed by atoms with E-state index in [2.05, 4.69) is 15.9 Å². The van der Waals surface area contributed by atoms with Crippen LogP contribution in [0.4, 0.5) is 14.9 Å². The van der Waals surface area contributed by atoms with Crippen LogP contribution in [-0.2, 0) is 4.74 Å². The van der Waals surface area contributed by atoms with Gasteiger partial charge in [-0.05, 0) is 34.1 Å². The highest BCUT2D eigenvalue weighted by atomic mass is 79.9. The summed E-state index contributed by atoms with van der Waals surface area (Å²) in [6, 6.07) is 4.24. The molecule has 1 fully saturated rings. The second-order valence-electron chi connectivity index (χ2n) is 3.43. The Morgan fingerprint density at radius 1 is 1.62 bits per heavy atom. The molecule has 0 spiro atoms. The number of carbonyl (C=O) groups is 1. The van der Waals surface area contributed by atoms with Crippen molar-refractivity contribution in [3.63, 3.8) is 0 Å². The molecule has 86 valence electrons. The minimum Gasteiger partial charge on any atom is -0.447 e. The molecule has 1 heterocycles. The van der Waals surface area contributed by atoms with E-state index < -0.39 is 11.9 Å². The Labute approximate surface area is 100 Å². The van der Waals surface area contributed by atoms with E-state index in [1.807, 2.05) is 0 Å². The van der Waals surface area contributed by atoms with E-state index in [1.165, 1.54) is 11.0 Å². The van der Waals surface area contributed by atoms with E-state index in [4.69, 9.17) is 10.5 Å². The van der Waals surface area contributed by atoms with Crippen LogP contribution in [0.25, 0.3) is 0 Å². The van der Waals surface area contributed by atoms with Crippen LogP contribution in [0.15, 0.2) is 22.7 Å². The molecule has 0 saturated carbocycles. The Morgan fingerprint density at radius 3 is 3.00 bits per heavy atom. The minimum atomic E-state index is -0.489. The molecule has 16 heavy (non-hydrogen) atoms. The monoisotopic (exact) mass is 288 g/mol. The molecule has 1 unspecified atom stereocenters. The zero-order valence-corrected chi connectivity index (χ0v) is 9.91. The first-order chi connectivity index (χ1) is 7.63. The summed E-state index contributed by atoms with van der Waals surface area (Å²) < 4.78 is 18.6. The van der Waals surface area contributed by atoms with Crippen LogP contribution in [0.2, 0.25) is 0 Å². The quantitative estimate of drug-likeness (QED) is 0.904. The summed E-state index contributed by atoms with van der Waals surface area (Å²) in [5.74, 6) is -0.423. The maximum absolute atomic E-state index is 13.3. The maximum Gasteiger partial charge on any atom is 0.414 e. The predicted molar refractivity (Wildman–Crippen MR) is 60.8 cm³/mol. The van der Waals surface area contributed by atoms with Gasteiger partial charge in [-0.15, -0.1) is 0 Å². The van der Waals surface area contributed by atoms with Gasteiger partial charge in [0.15, 0.2) is 0 Å².